The fourth-order valence-corrected chi connectivity index (χ4v) is 3.68. The summed E-state index contributed by atoms with van der Waals surface area (Å²) in [4.78, 5) is 0.996. The van der Waals surface area contributed by atoms with Gasteiger partial charge in [0.15, 0.2) is 10.7 Å². The van der Waals surface area contributed by atoms with E-state index in [2.05, 4.69) is 9.82 Å². The van der Waals surface area contributed by atoms with Crippen molar-refractivity contribution < 1.29 is 8.42 Å². The lowest BCUT2D eigenvalue weighted by atomic mass is 10.3. The maximum atomic E-state index is 12.4. The Hall–Kier alpha value is -1.67. The van der Waals surface area contributed by atoms with Gasteiger partial charge < -0.3 is 5.73 Å². The first kappa shape index (κ1) is 14.7. The van der Waals surface area contributed by atoms with Gasteiger partial charge in [-0.3, -0.25) is 9.40 Å². The average molecular weight is 312 g/mol. The lowest BCUT2D eigenvalue weighted by Crippen LogP contribution is -2.15. The van der Waals surface area contributed by atoms with Crippen LogP contribution in [0.2, 0.25) is 0 Å². The third-order valence-corrected chi connectivity index (χ3v) is 5.17. The van der Waals surface area contributed by atoms with Crippen molar-refractivity contribution in [1.82, 2.24) is 9.78 Å². The van der Waals surface area contributed by atoms with Gasteiger partial charge >= 0.3 is 0 Å². The molecule has 0 aliphatic heterocycles. The summed E-state index contributed by atoms with van der Waals surface area (Å²) in [6.07, 6.45) is 1.93. The SMILES string of the molecule is CSc1cccc(NS(=O)(=O)c2c(N)nn(C)c2C)c1. The zero-order valence-electron chi connectivity index (χ0n) is 11.4. The number of nitrogen functional groups attached to an aromatic ring is 1. The van der Waals surface area contributed by atoms with E-state index in [0.29, 0.717) is 11.4 Å². The molecule has 108 valence electrons. The molecule has 0 saturated carbocycles. The molecule has 0 unspecified atom stereocenters. The first-order valence-electron chi connectivity index (χ1n) is 5.81. The summed E-state index contributed by atoms with van der Waals surface area (Å²) < 4.78 is 28.8. The number of rotatable bonds is 4. The molecule has 0 atom stereocenters. The van der Waals surface area contributed by atoms with E-state index in [1.165, 1.54) is 16.4 Å². The van der Waals surface area contributed by atoms with E-state index in [0.717, 1.165) is 4.90 Å². The highest BCUT2D eigenvalue weighted by Gasteiger charge is 2.24. The Morgan fingerprint density at radius 3 is 2.65 bits per heavy atom. The molecule has 8 heteroatoms. The van der Waals surface area contributed by atoms with Crippen LogP contribution in [-0.2, 0) is 17.1 Å². The van der Waals surface area contributed by atoms with Crippen LogP contribution in [0, 0.1) is 6.92 Å². The number of anilines is 2. The zero-order valence-corrected chi connectivity index (χ0v) is 13.0. The molecule has 3 N–H and O–H groups in total. The normalized spacial score (nSPS) is 11.6. The van der Waals surface area contributed by atoms with Gasteiger partial charge in [0.05, 0.1) is 5.69 Å². The quantitative estimate of drug-likeness (QED) is 0.841. The number of hydrogen-bond donors (Lipinski definition) is 2. The fraction of sp³-hybridized carbons (Fsp3) is 0.250. The summed E-state index contributed by atoms with van der Waals surface area (Å²) in [5, 5.41) is 3.92. The Balaban J connectivity index is 2.40. The first-order valence-corrected chi connectivity index (χ1v) is 8.52. The fourth-order valence-electron chi connectivity index (χ4n) is 1.84. The van der Waals surface area contributed by atoms with E-state index in [4.69, 9.17) is 5.73 Å². The number of hydrogen-bond acceptors (Lipinski definition) is 5. The Labute approximate surface area is 122 Å². The largest absolute Gasteiger partial charge is 0.381 e. The number of nitrogens with zero attached hydrogens (tertiary/aromatic N) is 2. The second-order valence-corrected chi connectivity index (χ2v) is 6.76. The molecule has 6 nitrogen and oxygen atoms in total. The van der Waals surface area contributed by atoms with Crippen molar-refractivity contribution in [2.75, 3.05) is 16.7 Å². The lowest BCUT2D eigenvalue weighted by molar-refractivity contribution is 0.600. The number of nitrogens with one attached hydrogen (secondary N) is 1. The van der Waals surface area contributed by atoms with E-state index in [-0.39, 0.29) is 10.7 Å². The van der Waals surface area contributed by atoms with Crippen LogP contribution in [0.3, 0.4) is 0 Å². The number of benzene rings is 1. The third kappa shape index (κ3) is 2.75. The molecule has 0 aliphatic rings. The van der Waals surface area contributed by atoms with Crippen LogP contribution < -0.4 is 10.5 Å². The van der Waals surface area contributed by atoms with Crippen LogP contribution in [0.25, 0.3) is 0 Å². The monoisotopic (exact) mass is 312 g/mol. The van der Waals surface area contributed by atoms with Crippen LogP contribution in [-0.4, -0.2) is 24.5 Å². The van der Waals surface area contributed by atoms with Gasteiger partial charge in [0.2, 0.25) is 0 Å². The molecule has 0 bridgehead atoms. The van der Waals surface area contributed by atoms with E-state index < -0.39 is 10.0 Å². The Kier molecular flexibility index (Phi) is 3.96. The minimum absolute atomic E-state index is 0.00137. The minimum atomic E-state index is -3.75. The van der Waals surface area contributed by atoms with Crippen LogP contribution in [0.15, 0.2) is 34.1 Å². The van der Waals surface area contributed by atoms with Crippen LogP contribution in [0.5, 0.6) is 0 Å². The highest BCUT2D eigenvalue weighted by molar-refractivity contribution is 7.98. The molecule has 0 spiro atoms. The van der Waals surface area contributed by atoms with Crippen molar-refractivity contribution in [3.8, 4) is 0 Å². The Morgan fingerprint density at radius 1 is 1.40 bits per heavy atom. The molecule has 0 amide bonds. The van der Waals surface area contributed by atoms with Gasteiger partial charge in [0.1, 0.15) is 0 Å². The van der Waals surface area contributed by atoms with E-state index >= 15 is 0 Å². The zero-order chi connectivity index (χ0) is 14.9. The Morgan fingerprint density at radius 2 is 2.10 bits per heavy atom. The molecular weight excluding hydrogens is 296 g/mol. The summed E-state index contributed by atoms with van der Waals surface area (Å²) in [6.45, 7) is 1.66. The number of aromatic nitrogens is 2. The van der Waals surface area contributed by atoms with Crippen molar-refractivity contribution in [2.24, 2.45) is 7.05 Å². The van der Waals surface area contributed by atoms with Gasteiger partial charge in [-0.1, -0.05) is 6.07 Å². The van der Waals surface area contributed by atoms with Gasteiger partial charge in [-0.2, -0.15) is 5.10 Å². The number of aryl methyl sites for hydroxylation is 1. The van der Waals surface area contributed by atoms with Crippen molar-refractivity contribution in [3.63, 3.8) is 0 Å². The average Bonchev–Trinajstić information content (AvgIpc) is 2.63. The maximum Gasteiger partial charge on any atom is 0.267 e. The topological polar surface area (TPSA) is 90.0 Å². The maximum absolute atomic E-state index is 12.4. The highest BCUT2D eigenvalue weighted by atomic mass is 32.2. The summed E-state index contributed by atoms with van der Waals surface area (Å²) in [5.74, 6) is -0.00137. The molecule has 0 fully saturated rings. The molecule has 1 aromatic carbocycles. The number of nitrogens with two attached hydrogens (primary N) is 1. The molecule has 0 radical (unpaired) electrons. The molecular formula is C12H16N4O2S2. The Bertz CT molecular complexity index is 738. The standard InChI is InChI=1S/C12H16N4O2S2/c1-8-11(12(13)14-16(8)2)20(17,18)15-9-5-4-6-10(7-9)19-3/h4-7,15H,1-3H3,(H2,13,14). The molecule has 0 aliphatic carbocycles. The first-order chi connectivity index (χ1) is 9.35. The van der Waals surface area contributed by atoms with Crippen molar-refractivity contribution in [3.05, 3.63) is 30.0 Å². The van der Waals surface area contributed by atoms with E-state index in [1.807, 2.05) is 12.3 Å². The van der Waals surface area contributed by atoms with E-state index in [1.54, 1.807) is 32.2 Å². The van der Waals surface area contributed by atoms with Crippen LogP contribution >= 0.6 is 11.8 Å². The molecule has 2 aromatic rings. The number of sulfonamides is 1. The van der Waals surface area contributed by atoms with Gasteiger partial charge in [-0.25, -0.2) is 8.42 Å². The molecule has 20 heavy (non-hydrogen) atoms. The highest BCUT2D eigenvalue weighted by Crippen LogP contribution is 2.25. The minimum Gasteiger partial charge on any atom is -0.381 e. The summed E-state index contributed by atoms with van der Waals surface area (Å²) in [5.41, 5.74) is 6.68. The predicted molar refractivity (Wildman–Crippen MR) is 81.4 cm³/mol. The second-order valence-electron chi connectivity index (χ2n) is 4.26. The van der Waals surface area contributed by atoms with Gasteiger partial charge in [0.25, 0.3) is 10.0 Å². The van der Waals surface area contributed by atoms with Crippen LogP contribution in [0.4, 0.5) is 11.5 Å². The van der Waals surface area contributed by atoms with E-state index in [9.17, 15) is 8.42 Å². The molecule has 0 saturated heterocycles. The lowest BCUT2D eigenvalue weighted by Gasteiger charge is -2.09. The van der Waals surface area contributed by atoms with Gasteiger partial charge in [-0.15, -0.1) is 11.8 Å². The smallest absolute Gasteiger partial charge is 0.267 e. The molecule has 1 heterocycles. The van der Waals surface area contributed by atoms with Crippen molar-refractivity contribution >= 4 is 33.3 Å². The van der Waals surface area contributed by atoms with Gasteiger partial charge in [-0.05, 0) is 31.4 Å². The summed E-state index contributed by atoms with van der Waals surface area (Å²) in [6, 6.07) is 7.17. The summed E-state index contributed by atoms with van der Waals surface area (Å²) in [7, 11) is -2.09. The molecule has 1 aromatic heterocycles. The van der Waals surface area contributed by atoms with Crippen molar-refractivity contribution in [2.45, 2.75) is 16.7 Å². The predicted octanol–water partition coefficient (Wildman–Crippen LogP) is 1.83. The third-order valence-electron chi connectivity index (χ3n) is 2.90. The summed E-state index contributed by atoms with van der Waals surface area (Å²) >= 11 is 1.54. The number of thioether (sulfide) groups is 1. The second kappa shape index (κ2) is 5.37. The van der Waals surface area contributed by atoms with Crippen LogP contribution in [0.1, 0.15) is 5.69 Å². The van der Waals surface area contributed by atoms with Crippen molar-refractivity contribution in [1.29, 1.82) is 0 Å². The molecule has 2 rings (SSSR count). The van der Waals surface area contributed by atoms with Gasteiger partial charge in [0, 0.05) is 17.6 Å².